The summed E-state index contributed by atoms with van der Waals surface area (Å²) in [4.78, 5) is 5.96. The van der Waals surface area contributed by atoms with E-state index in [1.54, 1.807) is 17.6 Å². The van der Waals surface area contributed by atoms with E-state index in [-0.39, 0.29) is 5.41 Å². The lowest BCUT2D eigenvalue weighted by molar-refractivity contribution is 0.218. The number of hydrogen-bond donors (Lipinski definition) is 0. The number of benzene rings is 1. The van der Waals surface area contributed by atoms with Gasteiger partial charge in [0.15, 0.2) is 0 Å². The molecule has 0 bridgehead atoms. The minimum absolute atomic E-state index is 0.289. The van der Waals surface area contributed by atoms with Crippen molar-refractivity contribution in [1.82, 2.24) is 0 Å². The van der Waals surface area contributed by atoms with Gasteiger partial charge in [0.1, 0.15) is 16.8 Å². The van der Waals surface area contributed by atoms with Crippen LogP contribution in [0.15, 0.2) is 23.2 Å². The summed E-state index contributed by atoms with van der Waals surface area (Å²) in [5.41, 5.74) is 3.14. The van der Waals surface area contributed by atoms with Gasteiger partial charge >= 0.3 is 0 Å². The van der Waals surface area contributed by atoms with Crippen molar-refractivity contribution < 1.29 is 4.74 Å². The Kier molecular flexibility index (Phi) is 5.93. The minimum Gasteiger partial charge on any atom is -0.492 e. The van der Waals surface area contributed by atoms with Crippen molar-refractivity contribution in [3.8, 4) is 11.8 Å². The van der Waals surface area contributed by atoms with Gasteiger partial charge < -0.3 is 4.74 Å². The van der Waals surface area contributed by atoms with Crippen molar-refractivity contribution in [3.63, 3.8) is 0 Å². The molecule has 5 heteroatoms. The highest BCUT2D eigenvalue weighted by atomic mass is 35.5. The quantitative estimate of drug-likeness (QED) is 0.544. The summed E-state index contributed by atoms with van der Waals surface area (Å²) in [5, 5.41) is 11.0. The number of nitriles is 1. The summed E-state index contributed by atoms with van der Waals surface area (Å²) in [6.07, 6.45) is 4.93. The van der Waals surface area contributed by atoms with E-state index in [9.17, 15) is 5.26 Å². The van der Waals surface area contributed by atoms with Gasteiger partial charge in [-0.15, -0.1) is 11.3 Å². The Morgan fingerprint density at radius 3 is 2.81 bits per heavy atom. The fraction of sp³-hybridized carbons (Fsp3) is 0.455. The lowest BCUT2D eigenvalue weighted by Gasteiger charge is -2.33. The van der Waals surface area contributed by atoms with Gasteiger partial charge in [-0.05, 0) is 66.8 Å². The molecule has 142 valence electrons. The number of rotatable bonds is 4. The lowest BCUT2D eigenvalue weighted by Crippen LogP contribution is -2.26. The van der Waals surface area contributed by atoms with Crippen molar-refractivity contribution in [1.29, 1.82) is 5.26 Å². The van der Waals surface area contributed by atoms with Crippen LogP contribution in [-0.2, 0) is 12.8 Å². The van der Waals surface area contributed by atoms with Gasteiger partial charge in [0, 0.05) is 11.1 Å². The summed E-state index contributed by atoms with van der Waals surface area (Å²) in [6.45, 7) is 9.41. The molecule has 0 radical (unpaired) electrons. The molecular weight excluding hydrogens is 376 g/mol. The van der Waals surface area contributed by atoms with Gasteiger partial charge in [0.05, 0.1) is 17.2 Å². The number of fused-ring (bicyclic) bond motifs is 1. The van der Waals surface area contributed by atoms with Crippen LogP contribution in [0.2, 0.25) is 5.02 Å². The molecule has 1 atom stereocenters. The molecule has 1 aromatic heterocycles. The standard InChI is InChI=1S/C22H25ClN2OS/c1-5-26-19-9-6-14(10-18(19)23)13-25-21-17(12-24)16-8-7-15(22(2,3)4)11-20(16)27-21/h6,9-10,13,15H,5,7-8,11H2,1-4H3/t15-/m1/s1. The second kappa shape index (κ2) is 8.04. The maximum absolute atomic E-state index is 9.67. The number of aliphatic imine (C=N–C) groups is 1. The smallest absolute Gasteiger partial charge is 0.137 e. The van der Waals surface area contributed by atoms with Crippen LogP contribution in [0.4, 0.5) is 5.00 Å². The lowest BCUT2D eigenvalue weighted by atomic mass is 9.72. The van der Waals surface area contributed by atoms with Crippen LogP contribution in [-0.4, -0.2) is 12.8 Å². The molecule has 3 rings (SSSR count). The number of halogens is 1. The molecule has 0 aliphatic heterocycles. The van der Waals surface area contributed by atoms with E-state index in [4.69, 9.17) is 16.3 Å². The number of hydrogen-bond acceptors (Lipinski definition) is 4. The Hall–Kier alpha value is -1.83. The van der Waals surface area contributed by atoms with Crippen molar-refractivity contribution in [2.45, 2.75) is 47.0 Å². The molecule has 0 amide bonds. The number of thiophene rings is 1. The van der Waals surface area contributed by atoms with Gasteiger partial charge in [-0.3, -0.25) is 0 Å². The minimum atomic E-state index is 0.289. The molecule has 27 heavy (non-hydrogen) atoms. The third-order valence-electron chi connectivity index (χ3n) is 5.17. The summed E-state index contributed by atoms with van der Waals surface area (Å²) < 4.78 is 5.47. The van der Waals surface area contributed by atoms with E-state index in [2.05, 4.69) is 31.8 Å². The number of nitrogens with zero attached hydrogens (tertiary/aromatic N) is 2. The van der Waals surface area contributed by atoms with Crippen LogP contribution >= 0.6 is 22.9 Å². The van der Waals surface area contributed by atoms with Crippen LogP contribution < -0.4 is 4.74 Å². The zero-order valence-electron chi connectivity index (χ0n) is 16.3. The first kappa shape index (κ1) is 19.9. The van der Waals surface area contributed by atoms with Gasteiger partial charge in [0.2, 0.25) is 0 Å². The van der Waals surface area contributed by atoms with E-state index in [0.29, 0.717) is 23.3 Å². The largest absolute Gasteiger partial charge is 0.492 e. The molecule has 1 aliphatic carbocycles. The highest BCUT2D eigenvalue weighted by molar-refractivity contribution is 7.16. The number of ether oxygens (including phenoxy) is 1. The summed E-state index contributed by atoms with van der Waals surface area (Å²) >= 11 is 7.92. The van der Waals surface area contributed by atoms with Crippen LogP contribution in [0.1, 0.15) is 55.7 Å². The second-order valence-electron chi connectivity index (χ2n) is 7.98. The third kappa shape index (κ3) is 4.36. The first-order chi connectivity index (χ1) is 12.8. The SMILES string of the molecule is CCOc1ccc(C=Nc2sc3c(c2C#N)CC[C@@H](C(C)(C)C)C3)cc1Cl. The van der Waals surface area contributed by atoms with Gasteiger partial charge in [-0.1, -0.05) is 32.4 Å². The van der Waals surface area contributed by atoms with Crippen LogP contribution in [0.25, 0.3) is 0 Å². The summed E-state index contributed by atoms with van der Waals surface area (Å²) in [7, 11) is 0. The predicted molar refractivity (Wildman–Crippen MR) is 114 cm³/mol. The fourth-order valence-corrected chi connectivity index (χ4v) is 4.99. The molecule has 0 saturated heterocycles. The van der Waals surface area contributed by atoms with Gasteiger partial charge in [-0.2, -0.15) is 5.26 Å². The molecule has 1 aliphatic rings. The maximum Gasteiger partial charge on any atom is 0.137 e. The summed E-state index contributed by atoms with van der Waals surface area (Å²) in [5.74, 6) is 1.32. The van der Waals surface area contributed by atoms with Crippen molar-refractivity contribution in [3.05, 3.63) is 44.8 Å². The zero-order chi connectivity index (χ0) is 19.6. The summed E-state index contributed by atoms with van der Waals surface area (Å²) in [6, 6.07) is 8.00. The molecule has 0 N–H and O–H groups in total. The Balaban J connectivity index is 1.86. The molecular formula is C22H25ClN2OS. The highest BCUT2D eigenvalue weighted by Gasteiger charge is 2.32. The first-order valence-electron chi connectivity index (χ1n) is 9.34. The normalized spacial score (nSPS) is 17.0. The van der Waals surface area contributed by atoms with Gasteiger partial charge in [-0.25, -0.2) is 4.99 Å². The molecule has 0 unspecified atom stereocenters. The van der Waals surface area contributed by atoms with E-state index in [0.717, 1.165) is 35.4 Å². The highest BCUT2D eigenvalue weighted by Crippen LogP contribution is 2.44. The second-order valence-corrected chi connectivity index (χ2v) is 9.47. The Labute approximate surface area is 170 Å². The molecule has 1 heterocycles. The molecule has 1 aromatic carbocycles. The first-order valence-corrected chi connectivity index (χ1v) is 10.5. The topological polar surface area (TPSA) is 45.4 Å². The van der Waals surface area contributed by atoms with Gasteiger partial charge in [0.25, 0.3) is 0 Å². The van der Waals surface area contributed by atoms with Crippen molar-refractivity contribution in [2.24, 2.45) is 16.3 Å². The zero-order valence-corrected chi connectivity index (χ0v) is 17.9. The fourth-order valence-electron chi connectivity index (χ4n) is 3.52. The van der Waals surface area contributed by atoms with Crippen LogP contribution in [0.5, 0.6) is 5.75 Å². The van der Waals surface area contributed by atoms with Crippen LogP contribution in [0, 0.1) is 22.7 Å². The Morgan fingerprint density at radius 1 is 1.41 bits per heavy atom. The molecule has 0 fully saturated rings. The molecule has 2 aromatic rings. The Bertz CT molecular complexity index is 902. The average molecular weight is 401 g/mol. The predicted octanol–water partition coefficient (Wildman–Crippen LogP) is 6.57. The molecule has 0 spiro atoms. The van der Waals surface area contributed by atoms with E-state index >= 15 is 0 Å². The maximum atomic E-state index is 9.67. The van der Waals surface area contributed by atoms with E-state index < -0.39 is 0 Å². The Morgan fingerprint density at radius 2 is 2.19 bits per heavy atom. The average Bonchev–Trinajstić information content (AvgIpc) is 2.98. The van der Waals surface area contributed by atoms with E-state index in [1.165, 1.54) is 10.4 Å². The monoisotopic (exact) mass is 400 g/mol. The van der Waals surface area contributed by atoms with Crippen molar-refractivity contribution >= 4 is 34.2 Å². The third-order valence-corrected chi connectivity index (χ3v) is 6.63. The molecule has 0 saturated carbocycles. The molecule has 3 nitrogen and oxygen atoms in total. The van der Waals surface area contributed by atoms with Crippen molar-refractivity contribution in [2.75, 3.05) is 6.61 Å². The van der Waals surface area contributed by atoms with Crippen LogP contribution in [0.3, 0.4) is 0 Å². The van der Waals surface area contributed by atoms with E-state index in [1.807, 2.05) is 25.1 Å².